The number of amides is 1. The number of ether oxygens (including phenoxy) is 4. The van der Waals surface area contributed by atoms with Crippen molar-refractivity contribution in [1.29, 1.82) is 0 Å². The zero-order valence-corrected chi connectivity index (χ0v) is 42.3. The number of aromatic nitrogens is 5. The summed E-state index contributed by atoms with van der Waals surface area (Å²) in [6.45, 7) is 8.91. The highest BCUT2D eigenvalue weighted by molar-refractivity contribution is 7.91. The van der Waals surface area contributed by atoms with Gasteiger partial charge in [-0.05, 0) is 78.6 Å². The highest BCUT2D eigenvalue weighted by Gasteiger charge is 2.55. The topological polar surface area (TPSA) is 263 Å². The van der Waals surface area contributed by atoms with Crippen LogP contribution >= 0.6 is 16.1 Å². The molecule has 2 aromatic heterocycles. The second-order valence-corrected chi connectivity index (χ2v) is 24.3. The maximum atomic E-state index is 14.4. The number of carbonyl (C=O) groups is 3. The Morgan fingerprint density at radius 1 is 0.914 bits per heavy atom. The molecule has 0 radical (unpaired) electrons. The van der Waals surface area contributed by atoms with E-state index in [-0.39, 0.29) is 47.1 Å². The van der Waals surface area contributed by atoms with E-state index in [1.54, 1.807) is 101 Å². The molecule has 2 aromatic carbocycles. The second kappa shape index (κ2) is 21.0. The van der Waals surface area contributed by atoms with Crippen LogP contribution in [0, 0.1) is 10.8 Å². The molecule has 4 aromatic rings. The standard InChI is InChI=1S/C44H57N9O14P2S/c1-43(2,3)41(55)61-26-63-69(57,64-27-62-42(56)44(4,5)6)33-22-51(50-49-33)21-31-35(67-68-53-20-14-19-30(53)32(66-68)23-70(58,59)29-17-12-9-13-18-29)36(60-7)40(65-31)52-25-47-34-37(45-24-46-38(34)52)48-39(54)28-15-10-8-11-16-28/h8-13,15-18,22,24,30-32,35-36,40,47H,14,19-21,23,25-27H2,1-7H3,(H,45,46,48,54)/t30?,31?,32?,35?,36?,40?,68-/m0/s1. The van der Waals surface area contributed by atoms with E-state index >= 15 is 0 Å². The summed E-state index contributed by atoms with van der Waals surface area (Å²) in [6, 6.07) is 16.7. The number of sulfone groups is 1. The fourth-order valence-electron chi connectivity index (χ4n) is 8.02. The number of hydrogen-bond acceptors (Lipinski definition) is 21. The zero-order chi connectivity index (χ0) is 50.0. The van der Waals surface area contributed by atoms with Gasteiger partial charge in [-0.3, -0.25) is 28.0 Å². The van der Waals surface area contributed by atoms with Gasteiger partial charge in [0, 0.05) is 25.3 Å². The van der Waals surface area contributed by atoms with Crippen LogP contribution in [0.2, 0.25) is 0 Å². The predicted molar refractivity (Wildman–Crippen MR) is 252 cm³/mol. The van der Waals surface area contributed by atoms with E-state index in [9.17, 15) is 27.4 Å². The highest BCUT2D eigenvalue weighted by atomic mass is 32.2. The number of anilines is 3. The fraction of sp³-hybridized carbons (Fsp3) is 0.523. The van der Waals surface area contributed by atoms with Crippen LogP contribution in [0.25, 0.3) is 0 Å². The zero-order valence-electron chi connectivity index (χ0n) is 39.7. The first-order chi connectivity index (χ1) is 33.3. The molecule has 6 heterocycles. The van der Waals surface area contributed by atoms with Crippen LogP contribution in [0.4, 0.5) is 17.3 Å². The number of benzene rings is 2. The SMILES string of the molecule is COC1C(O[P@]2OC(CS(=O)(=O)c3ccccc3)C3CCCN32)C(Cn2cc(P(=O)(OCOC(=O)C(C)(C)C)OCOC(=O)C(C)(C)C)nn2)OC1N1CNc2c(NC(=O)c3ccccc3)ncnc21. The van der Waals surface area contributed by atoms with Gasteiger partial charge in [0.25, 0.3) is 14.4 Å². The Balaban J connectivity index is 1.07. The van der Waals surface area contributed by atoms with Crippen molar-refractivity contribution in [2.45, 2.75) is 103 Å². The van der Waals surface area contributed by atoms with Crippen molar-refractivity contribution in [2.75, 3.05) is 55.2 Å². The van der Waals surface area contributed by atoms with Gasteiger partial charge >= 0.3 is 19.5 Å². The van der Waals surface area contributed by atoms with Gasteiger partial charge in [-0.2, -0.15) is 0 Å². The van der Waals surface area contributed by atoms with E-state index < -0.39 is 93.0 Å². The molecular weight excluding hydrogens is 973 g/mol. The molecule has 8 rings (SSSR count). The Morgan fingerprint density at radius 2 is 1.57 bits per heavy atom. The van der Waals surface area contributed by atoms with Crippen LogP contribution in [0.5, 0.6) is 0 Å². The molecule has 1 amide bonds. The van der Waals surface area contributed by atoms with E-state index in [0.29, 0.717) is 30.0 Å². The molecule has 26 heteroatoms. The summed E-state index contributed by atoms with van der Waals surface area (Å²) in [5.74, 6) is -1.27. The van der Waals surface area contributed by atoms with E-state index in [0.717, 1.165) is 6.42 Å². The van der Waals surface area contributed by atoms with Crippen LogP contribution in [0.1, 0.15) is 64.7 Å². The molecule has 7 atom stereocenters. The smallest absolute Gasteiger partial charge is 0.388 e. The molecule has 0 aliphatic carbocycles. The lowest BCUT2D eigenvalue weighted by Gasteiger charge is -2.30. The van der Waals surface area contributed by atoms with Crippen LogP contribution in [-0.2, 0) is 67.6 Å². The second-order valence-electron chi connectivity index (χ2n) is 18.9. The van der Waals surface area contributed by atoms with Crippen LogP contribution in [0.15, 0.2) is 78.1 Å². The highest BCUT2D eigenvalue weighted by Crippen LogP contribution is 2.58. The number of hydrogen-bond donors (Lipinski definition) is 2. The molecule has 0 spiro atoms. The maximum absolute atomic E-state index is 14.4. The first-order valence-corrected chi connectivity index (χ1v) is 26.8. The van der Waals surface area contributed by atoms with Crippen molar-refractivity contribution in [2.24, 2.45) is 10.8 Å². The largest absolute Gasteiger partial charge is 0.438 e. The normalized spacial score (nSPS) is 23.7. The van der Waals surface area contributed by atoms with Crippen molar-refractivity contribution in [3.05, 3.63) is 78.8 Å². The third-order valence-corrected chi connectivity index (χ3v) is 16.9. The van der Waals surface area contributed by atoms with Crippen molar-refractivity contribution in [1.82, 2.24) is 29.6 Å². The number of nitrogens with one attached hydrogen (secondary N) is 2. The molecule has 4 aliphatic rings. The number of fused-ring (bicyclic) bond motifs is 2. The third kappa shape index (κ3) is 11.4. The molecule has 3 saturated heterocycles. The number of rotatable bonds is 18. The monoisotopic (exact) mass is 1030 g/mol. The molecule has 0 bridgehead atoms. The summed E-state index contributed by atoms with van der Waals surface area (Å²) in [6.07, 6.45) is -0.157. The van der Waals surface area contributed by atoms with E-state index in [1.165, 1.54) is 24.3 Å². The number of nitrogens with zero attached hydrogens (tertiary/aromatic N) is 7. The number of carbonyl (C=O) groups excluding carboxylic acids is 3. The lowest BCUT2D eigenvalue weighted by atomic mass is 9.98. The Labute approximate surface area is 406 Å². The molecule has 4 aliphatic heterocycles. The van der Waals surface area contributed by atoms with Gasteiger partial charge in [0.1, 0.15) is 30.3 Å². The van der Waals surface area contributed by atoms with Crippen molar-refractivity contribution < 1.29 is 64.4 Å². The predicted octanol–water partition coefficient (Wildman–Crippen LogP) is 4.84. The summed E-state index contributed by atoms with van der Waals surface area (Å²) in [4.78, 5) is 49.3. The molecule has 378 valence electrons. The fourth-order valence-corrected chi connectivity index (χ4v) is 12.8. The molecule has 2 N–H and O–H groups in total. The van der Waals surface area contributed by atoms with Gasteiger partial charge in [0.2, 0.25) is 13.6 Å². The van der Waals surface area contributed by atoms with Crippen LogP contribution in [0.3, 0.4) is 0 Å². The molecule has 0 saturated carbocycles. The summed E-state index contributed by atoms with van der Waals surface area (Å²) in [5.41, 5.74) is -1.23. The van der Waals surface area contributed by atoms with Gasteiger partial charge in [-0.1, -0.05) is 41.6 Å². The molecule has 6 unspecified atom stereocenters. The van der Waals surface area contributed by atoms with E-state index in [1.807, 2.05) is 6.07 Å². The first-order valence-electron chi connectivity index (χ1n) is 22.5. The average molecular weight is 1030 g/mol. The third-order valence-electron chi connectivity index (χ3n) is 11.7. The molecule has 3 fully saturated rings. The minimum absolute atomic E-state index is 0.0965. The maximum Gasteiger partial charge on any atom is 0.388 e. The Hall–Kier alpha value is -5.00. The summed E-state index contributed by atoms with van der Waals surface area (Å²) >= 11 is 0. The van der Waals surface area contributed by atoms with Gasteiger partial charge < -0.3 is 43.5 Å². The number of methoxy groups -OCH3 is 1. The van der Waals surface area contributed by atoms with Crippen molar-refractivity contribution in [3.63, 3.8) is 0 Å². The number of esters is 2. The summed E-state index contributed by atoms with van der Waals surface area (Å²) in [7, 11) is -8.61. The van der Waals surface area contributed by atoms with Crippen molar-refractivity contribution >= 4 is 66.6 Å². The molecule has 70 heavy (non-hydrogen) atoms. The van der Waals surface area contributed by atoms with E-state index in [2.05, 4.69) is 35.6 Å². The molecular formula is C44H57N9O14P2S. The lowest BCUT2D eigenvalue weighted by molar-refractivity contribution is -0.161. The molecule has 23 nitrogen and oxygen atoms in total. The lowest BCUT2D eigenvalue weighted by Crippen LogP contribution is -2.46. The Morgan fingerprint density at radius 3 is 2.21 bits per heavy atom. The Bertz CT molecular complexity index is 2640. The minimum atomic E-state index is -4.51. The summed E-state index contributed by atoms with van der Waals surface area (Å²) in [5, 5.41) is 14.5. The van der Waals surface area contributed by atoms with Gasteiger partial charge in [-0.15, -0.1) is 5.10 Å². The van der Waals surface area contributed by atoms with Crippen molar-refractivity contribution in [3.8, 4) is 0 Å². The van der Waals surface area contributed by atoms with Crippen LogP contribution < -0.4 is 21.0 Å². The first kappa shape index (κ1) is 51.4. The quantitative estimate of drug-likeness (QED) is 0.0767. The van der Waals surface area contributed by atoms with Crippen LogP contribution in [-0.4, -0.2) is 132 Å². The van der Waals surface area contributed by atoms with Gasteiger partial charge in [0.15, 0.2) is 33.1 Å². The average Bonchev–Trinajstić information content (AvgIpc) is 4.18. The Kier molecular flexibility index (Phi) is 15.4. The van der Waals surface area contributed by atoms with Gasteiger partial charge in [0.05, 0.1) is 47.0 Å². The summed E-state index contributed by atoms with van der Waals surface area (Å²) < 4.78 is 93.2. The van der Waals surface area contributed by atoms with E-state index in [4.69, 9.17) is 37.0 Å². The van der Waals surface area contributed by atoms with Gasteiger partial charge in [-0.25, -0.2) is 27.7 Å². The minimum Gasteiger partial charge on any atom is -0.438 e.